The van der Waals surface area contributed by atoms with Gasteiger partial charge in [0.05, 0.1) is 0 Å². The Labute approximate surface area is 310 Å². The third kappa shape index (κ3) is 5.18. The molecule has 0 aliphatic heterocycles. The summed E-state index contributed by atoms with van der Waals surface area (Å²) in [7, 11) is 0. The molecule has 252 valence electrons. The van der Waals surface area contributed by atoms with Crippen LogP contribution >= 0.6 is 0 Å². The SMILES string of the molecule is CC1(C)c2ccccc2-c2cc(N(c3ccc(-c4ccccc4)cc3)c3ccc(-c4cc(-c5ccccc5)cc5c4oc4ccccc45)cc3)ccc21. The number of hydrogen-bond donors (Lipinski definition) is 0. The Kier molecular flexibility index (Phi) is 7.19. The minimum atomic E-state index is -0.0510. The number of benzene rings is 8. The second kappa shape index (κ2) is 12.3. The predicted octanol–water partition coefficient (Wildman–Crippen LogP) is 14.4. The lowest BCUT2D eigenvalue weighted by molar-refractivity contribution is 0.660. The van der Waals surface area contributed by atoms with Crippen LogP contribution in [0.2, 0.25) is 0 Å². The first-order chi connectivity index (χ1) is 26.0. The van der Waals surface area contributed by atoms with Gasteiger partial charge >= 0.3 is 0 Å². The quantitative estimate of drug-likeness (QED) is 0.174. The van der Waals surface area contributed by atoms with Crippen LogP contribution in [0.1, 0.15) is 25.0 Å². The Bertz CT molecular complexity index is 2780. The van der Waals surface area contributed by atoms with Crippen LogP contribution in [0.15, 0.2) is 192 Å². The zero-order valence-corrected chi connectivity index (χ0v) is 29.8. The fraction of sp³-hybridized carbons (Fsp3) is 0.0588. The predicted molar refractivity (Wildman–Crippen MR) is 222 cm³/mol. The summed E-state index contributed by atoms with van der Waals surface area (Å²) in [4.78, 5) is 2.38. The number of rotatable bonds is 6. The molecule has 53 heavy (non-hydrogen) atoms. The molecular weight excluding hydrogens is 643 g/mol. The van der Waals surface area contributed by atoms with E-state index in [1.807, 2.05) is 6.07 Å². The molecule has 1 aromatic heterocycles. The lowest BCUT2D eigenvalue weighted by Gasteiger charge is -2.27. The summed E-state index contributed by atoms with van der Waals surface area (Å²) in [6.45, 7) is 4.67. The summed E-state index contributed by atoms with van der Waals surface area (Å²) < 4.78 is 6.57. The van der Waals surface area contributed by atoms with Gasteiger partial charge < -0.3 is 9.32 Å². The average molecular weight is 680 g/mol. The molecule has 0 unspecified atom stereocenters. The van der Waals surface area contributed by atoms with Gasteiger partial charge in [0.15, 0.2) is 0 Å². The van der Waals surface area contributed by atoms with E-state index >= 15 is 0 Å². The van der Waals surface area contributed by atoms with Crippen molar-refractivity contribution in [2.24, 2.45) is 0 Å². The third-order valence-corrected chi connectivity index (χ3v) is 11.1. The van der Waals surface area contributed by atoms with Crippen LogP contribution in [0, 0.1) is 0 Å². The molecule has 0 saturated heterocycles. The Morgan fingerprint density at radius 1 is 0.377 bits per heavy atom. The topological polar surface area (TPSA) is 16.4 Å². The average Bonchev–Trinajstić information content (AvgIpc) is 3.71. The van der Waals surface area contributed by atoms with Crippen LogP contribution < -0.4 is 4.90 Å². The van der Waals surface area contributed by atoms with E-state index in [-0.39, 0.29) is 5.41 Å². The highest BCUT2D eigenvalue weighted by molar-refractivity contribution is 6.11. The maximum absolute atomic E-state index is 6.57. The minimum Gasteiger partial charge on any atom is -0.455 e. The highest BCUT2D eigenvalue weighted by atomic mass is 16.3. The molecule has 2 nitrogen and oxygen atoms in total. The van der Waals surface area contributed by atoms with Gasteiger partial charge in [0.2, 0.25) is 0 Å². The molecular formula is C51H37NO. The molecule has 9 aromatic rings. The Morgan fingerprint density at radius 2 is 0.925 bits per heavy atom. The van der Waals surface area contributed by atoms with Crippen LogP contribution in [0.5, 0.6) is 0 Å². The lowest BCUT2D eigenvalue weighted by Crippen LogP contribution is -2.15. The minimum absolute atomic E-state index is 0.0510. The number of furan rings is 1. The fourth-order valence-electron chi connectivity index (χ4n) is 8.36. The highest BCUT2D eigenvalue weighted by Crippen LogP contribution is 2.51. The first kappa shape index (κ1) is 31.1. The summed E-state index contributed by atoms with van der Waals surface area (Å²) >= 11 is 0. The zero-order valence-electron chi connectivity index (χ0n) is 29.8. The van der Waals surface area contributed by atoms with E-state index in [4.69, 9.17) is 4.42 Å². The second-order valence-electron chi connectivity index (χ2n) is 14.6. The van der Waals surface area contributed by atoms with E-state index in [9.17, 15) is 0 Å². The summed E-state index contributed by atoms with van der Waals surface area (Å²) in [6.07, 6.45) is 0. The van der Waals surface area contributed by atoms with Gasteiger partial charge in [0.1, 0.15) is 11.2 Å². The number of anilines is 3. The first-order valence-corrected chi connectivity index (χ1v) is 18.3. The first-order valence-electron chi connectivity index (χ1n) is 18.3. The van der Waals surface area contributed by atoms with E-state index in [1.165, 1.54) is 44.5 Å². The monoisotopic (exact) mass is 679 g/mol. The molecule has 0 atom stereocenters. The lowest BCUT2D eigenvalue weighted by atomic mass is 9.82. The number of para-hydroxylation sites is 1. The van der Waals surface area contributed by atoms with Gasteiger partial charge in [-0.15, -0.1) is 0 Å². The van der Waals surface area contributed by atoms with E-state index < -0.39 is 0 Å². The van der Waals surface area contributed by atoms with Crippen molar-refractivity contribution in [2.45, 2.75) is 19.3 Å². The van der Waals surface area contributed by atoms with Crippen molar-refractivity contribution >= 4 is 39.0 Å². The zero-order chi connectivity index (χ0) is 35.5. The molecule has 2 heteroatoms. The molecule has 8 aromatic carbocycles. The van der Waals surface area contributed by atoms with E-state index in [0.29, 0.717) is 0 Å². The van der Waals surface area contributed by atoms with Crippen LogP contribution in [-0.4, -0.2) is 0 Å². The van der Waals surface area contributed by atoms with Gasteiger partial charge in [-0.3, -0.25) is 0 Å². The Hall–Kier alpha value is -6.64. The largest absolute Gasteiger partial charge is 0.455 e. The fourth-order valence-corrected chi connectivity index (χ4v) is 8.36. The maximum atomic E-state index is 6.57. The van der Waals surface area contributed by atoms with Gasteiger partial charge in [-0.25, -0.2) is 0 Å². The highest BCUT2D eigenvalue weighted by Gasteiger charge is 2.35. The molecule has 0 radical (unpaired) electrons. The number of hydrogen-bond acceptors (Lipinski definition) is 2. The van der Waals surface area contributed by atoms with Gasteiger partial charge in [-0.1, -0.05) is 147 Å². The molecule has 1 aliphatic rings. The van der Waals surface area contributed by atoms with Crippen LogP contribution in [0.3, 0.4) is 0 Å². The van der Waals surface area contributed by atoms with E-state index in [0.717, 1.165) is 50.1 Å². The molecule has 1 heterocycles. The smallest absolute Gasteiger partial charge is 0.143 e. The van der Waals surface area contributed by atoms with Crippen molar-refractivity contribution in [1.82, 2.24) is 0 Å². The van der Waals surface area contributed by atoms with Crippen molar-refractivity contribution in [3.63, 3.8) is 0 Å². The molecule has 0 spiro atoms. The van der Waals surface area contributed by atoms with Crippen molar-refractivity contribution in [1.29, 1.82) is 0 Å². The van der Waals surface area contributed by atoms with E-state index in [1.54, 1.807) is 0 Å². The summed E-state index contributed by atoms with van der Waals surface area (Å²) in [5, 5.41) is 2.26. The molecule has 0 bridgehead atoms. The van der Waals surface area contributed by atoms with Gasteiger partial charge in [0, 0.05) is 38.8 Å². The number of fused-ring (bicyclic) bond motifs is 6. The molecule has 10 rings (SSSR count). The van der Waals surface area contributed by atoms with Crippen LogP contribution in [0.4, 0.5) is 17.1 Å². The molecule has 1 aliphatic carbocycles. The van der Waals surface area contributed by atoms with Crippen molar-refractivity contribution in [2.75, 3.05) is 4.90 Å². The van der Waals surface area contributed by atoms with Crippen molar-refractivity contribution in [3.8, 4) is 44.5 Å². The summed E-state index contributed by atoms with van der Waals surface area (Å²) in [6, 6.07) is 67.8. The molecule has 0 fully saturated rings. The van der Waals surface area contributed by atoms with E-state index in [2.05, 4.69) is 201 Å². The summed E-state index contributed by atoms with van der Waals surface area (Å²) in [5.41, 5.74) is 17.4. The van der Waals surface area contributed by atoms with Gasteiger partial charge in [-0.05, 0) is 105 Å². The van der Waals surface area contributed by atoms with Crippen molar-refractivity contribution < 1.29 is 4.42 Å². The normalized spacial score (nSPS) is 12.9. The number of nitrogens with zero attached hydrogens (tertiary/aromatic N) is 1. The molecule has 0 N–H and O–H groups in total. The van der Waals surface area contributed by atoms with Gasteiger partial charge in [0.25, 0.3) is 0 Å². The van der Waals surface area contributed by atoms with Crippen molar-refractivity contribution in [3.05, 3.63) is 199 Å². The standard InChI is InChI=1S/C51H37NO/c1-51(2)47-19-11-9-17-42(47)45-33-41(29-30-48(45)51)52(39-25-21-36(22-26-39)34-13-5-3-6-14-34)40-27-23-37(24-28-40)44-31-38(35-15-7-4-8-16-35)32-46-43-18-10-12-20-49(43)53-50(44)46/h3-33H,1-2H3. The molecule has 0 saturated carbocycles. The third-order valence-electron chi connectivity index (χ3n) is 11.1. The molecule has 0 amide bonds. The van der Waals surface area contributed by atoms with Crippen LogP contribution in [-0.2, 0) is 5.41 Å². The van der Waals surface area contributed by atoms with Gasteiger partial charge in [-0.2, -0.15) is 0 Å². The second-order valence-corrected chi connectivity index (χ2v) is 14.6. The summed E-state index contributed by atoms with van der Waals surface area (Å²) in [5.74, 6) is 0. The maximum Gasteiger partial charge on any atom is 0.143 e. The Balaban J connectivity index is 1.12. The van der Waals surface area contributed by atoms with Crippen LogP contribution in [0.25, 0.3) is 66.4 Å². The Morgan fingerprint density at radius 3 is 1.64 bits per heavy atom.